The number of hydrogen-bond donors (Lipinski definition) is 6. The Morgan fingerprint density at radius 3 is 2.41 bits per heavy atom. The van der Waals surface area contributed by atoms with Crippen LogP contribution in [0.5, 0.6) is 17.2 Å². The van der Waals surface area contributed by atoms with Crippen LogP contribution < -0.4 is 5.32 Å². The Balaban J connectivity index is 2.62. The number of aliphatic hydroxyl groups excluding tert-OH is 1. The van der Waals surface area contributed by atoms with Crippen LogP contribution in [0, 0.1) is 0 Å². The maximum Gasteiger partial charge on any atom is 0.200 e. The molecular weight excluding hydrogens is 226 g/mol. The zero-order valence-electron chi connectivity index (χ0n) is 9.51. The standard InChI is InChI=1S/C11H17NO5/c1-11(17,6-13)5-12-4-7-2-3-8(14)10(16)9(7)15/h2-3,12-17H,4-6H2,1H3. The first-order valence-corrected chi connectivity index (χ1v) is 5.14. The van der Waals surface area contributed by atoms with E-state index in [2.05, 4.69) is 5.32 Å². The van der Waals surface area contributed by atoms with Crippen LogP contribution in [0.3, 0.4) is 0 Å². The van der Waals surface area contributed by atoms with Crippen LogP contribution in [0.25, 0.3) is 0 Å². The van der Waals surface area contributed by atoms with Crippen molar-refractivity contribution in [2.24, 2.45) is 0 Å². The van der Waals surface area contributed by atoms with Crippen molar-refractivity contribution in [1.82, 2.24) is 5.32 Å². The summed E-state index contributed by atoms with van der Waals surface area (Å²) in [5.41, 5.74) is -0.858. The number of phenols is 3. The Labute approximate surface area is 98.8 Å². The van der Waals surface area contributed by atoms with E-state index in [9.17, 15) is 15.3 Å². The van der Waals surface area contributed by atoms with Crippen molar-refractivity contribution in [3.8, 4) is 17.2 Å². The fourth-order valence-electron chi connectivity index (χ4n) is 1.28. The van der Waals surface area contributed by atoms with E-state index in [0.717, 1.165) is 0 Å². The topological polar surface area (TPSA) is 113 Å². The summed E-state index contributed by atoms with van der Waals surface area (Å²) in [5.74, 6) is -1.37. The van der Waals surface area contributed by atoms with Crippen molar-refractivity contribution in [3.63, 3.8) is 0 Å². The van der Waals surface area contributed by atoms with Crippen molar-refractivity contribution in [1.29, 1.82) is 0 Å². The van der Waals surface area contributed by atoms with Crippen molar-refractivity contribution < 1.29 is 25.5 Å². The summed E-state index contributed by atoms with van der Waals surface area (Å²) in [5, 5.41) is 49.0. The van der Waals surface area contributed by atoms with Gasteiger partial charge in [-0.15, -0.1) is 0 Å². The zero-order valence-corrected chi connectivity index (χ0v) is 9.51. The van der Waals surface area contributed by atoms with Crippen LogP contribution in [-0.2, 0) is 6.54 Å². The van der Waals surface area contributed by atoms with Gasteiger partial charge in [-0.3, -0.25) is 0 Å². The van der Waals surface area contributed by atoms with E-state index in [0.29, 0.717) is 5.56 Å². The Morgan fingerprint density at radius 1 is 1.18 bits per heavy atom. The summed E-state index contributed by atoms with van der Waals surface area (Å²) >= 11 is 0. The average molecular weight is 243 g/mol. The molecule has 96 valence electrons. The molecule has 0 aliphatic heterocycles. The lowest BCUT2D eigenvalue weighted by atomic mass is 10.1. The van der Waals surface area contributed by atoms with Gasteiger partial charge in [-0.1, -0.05) is 6.07 Å². The number of benzene rings is 1. The Hall–Kier alpha value is -1.50. The number of hydrogen-bond acceptors (Lipinski definition) is 6. The van der Waals surface area contributed by atoms with Crippen LogP contribution in [0.1, 0.15) is 12.5 Å². The fourth-order valence-corrected chi connectivity index (χ4v) is 1.28. The third-order valence-electron chi connectivity index (χ3n) is 2.38. The van der Waals surface area contributed by atoms with Gasteiger partial charge in [-0.05, 0) is 13.0 Å². The minimum absolute atomic E-state index is 0.130. The lowest BCUT2D eigenvalue weighted by molar-refractivity contribution is 0.00250. The van der Waals surface area contributed by atoms with Crippen LogP contribution in [0.15, 0.2) is 12.1 Å². The highest BCUT2D eigenvalue weighted by Crippen LogP contribution is 2.36. The number of nitrogens with one attached hydrogen (secondary N) is 1. The van der Waals surface area contributed by atoms with Gasteiger partial charge in [0.05, 0.1) is 12.2 Å². The normalized spacial score (nSPS) is 14.5. The molecule has 0 aromatic heterocycles. The molecule has 0 aliphatic carbocycles. The van der Waals surface area contributed by atoms with Gasteiger partial charge in [0.15, 0.2) is 11.5 Å². The predicted molar refractivity (Wildman–Crippen MR) is 60.9 cm³/mol. The summed E-state index contributed by atoms with van der Waals surface area (Å²) < 4.78 is 0. The molecule has 0 saturated heterocycles. The molecule has 0 saturated carbocycles. The zero-order chi connectivity index (χ0) is 13.1. The highest BCUT2D eigenvalue weighted by molar-refractivity contribution is 5.52. The number of aliphatic hydroxyl groups is 2. The summed E-state index contributed by atoms with van der Waals surface area (Å²) in [4.78, 5) is 0. The summed E-state index contributed by atoms with van der Waals surface area (Å²) in [6.07, 6.45) is 0. The van der Waals surface area contributed by atoms with Gasteiger partial charge < -0.3 is 30.8 Å². The molecule has 1 rings (SSSR count). The monoisotopic (exact) mass is 243 g/mol. The molecule has 0 spiro atoms. The van der Waals surface area contributed by atoms with Gasteiger partial charge in [-0.2, -0.15) is 0 Å². The van der Waals surface area contributed by atoms with Gasteiger partial charge in [0.25, 0.3) is 0 Å². The van der Waals surface area contributed by atoms with E-state index in [-0.39, 0.29) is 19.7 Å². The molecule has 0 fully saturated rings. The first kappa shape index (κ1) is 13.6. The fraction of sp³-hybridized carbons (Fsp3) is 0.455. The lowest BCUT2D eigenvalue weighted by Gasteiger charge is -2.20. The second-order valence-electron chi connectivity index (χ2n) is 4.20. The SMILES string of the molecule is CC(O)(CO)CNCc1ccc(O)c(O)c1O. The Bertz CT molecular complexity index is 392. The number of aromatic hydroxyl groups is 3. The largest absolute Gasteiger partial charge is 0.504 e. The first-order chi connectivity index (χ1) is 7.87. The molecule has 17 heavy (non-hydrogen) atoms. The minimum atomic E-state index is -1.24. The minimum Gasteiger partial charge on any atom is -0.504 e. The first-order valence-electron chi connectivity index (χ1n) is 5.14. The van der Waals surface area contributed by atoms with Crippen molar-refractivity contribution in [3.05, 3.63) is 17.7 Å². The molecule has 0 heterocycles. The molecule has 6 heteroatoms. The van der Waals surface area contributed by atoms with Gasteiger partial charge in [0.2, 0.25) is 5.75 Å². The molecule has 0 bridgehead atoms. The highest BCUT2D eigenvalue weighted by atomic mass is 16.3. The summed E-state index contributed by atoms with van der Waals surface area (Å²) in [7, 11) is 0. The lowest BCUT2D eigenvalue weighted by Crippen LogP contribution is -2.40. The molecule has 1 aromatic carbocycles. The van der Waals surface area contributed by atoms with Crippen molar-refractivity contribution in [2.45, 2.75) is 19.1 Å². The van der Waals surface area contributed by atoms with Crippen LogP contribution in [0.2, 0.25) is 0 Å². The second-order valence-corrected chi connectivity index (χ2v) is 4.20. The quantitative estimate of drug-likeness (QED) is 0.394. The molecule has 6 N–H and O–H groups in total. The molecule has 0 radical (unpaired) electrons. The van der Waals surface area contributed by atoms with E-state index in [1.807, 2.05) is 0 Å². The average Bonchev–Trinajstić information content (AvgIpc) is 2.29. The molecule has 0 amide bonds. The van der Waals surface area contributed by atoms with Gasteiger partial charge in [-0.25, -0.2) is 0 Å². The van der Waals surface area contributed by atoms with E-state index >= 15 is 0 Å². The molecule has 1 atom stereocenters. The third kappa shape index (κ3) is 3.48. The van der Waals surface area contributed by atoms with Gasteiger partial charge in [0.1, 0.15) is 0 Å². The van der Waals surface area contributed by atoms with Crippen LogP contribution >= 0.6 is 0 Å². The summed E-state index contributed by atoms with van der Waals surface area (Å²) in [6.45, 7) is 1.40. The molecule has 0 aliphatic rings. The van der Waals surface area contributed by atoms with Gasteiger partial charge in [0, 0.05) is 18.7 Å². The second kappa shape index (κ2) is 5.22. The Morgan fingerprint density at radius 2 is 1.82 bits per heavy atom. The number of rotatable bonds is 5. The molecule has 1 unspecified atom stereocenters. The maximum atomic E-state index is 9.50. The molecular formula is C11H17NO5. The van der Waals surface area contributed by atoms with Crippen molar-refractivity contribution >= 4 is 0 Å². The highest BCUT2D eigenvalue weighted by Gasteiger charge is 2.18. The predicted octanol–water partition coefficient (Wildman–Crippen LogP) is -0.364. The van der Waals surface area contributed by atoms with E-state index in [1.54, 1.807) is 0 Å². The smallest absolute Gasteiger partial charge is 0.200 e. The maximum absolute atomic E-state index is 9.50. The van der Waals surface area contributed by atoms with E-state index in [1.165, 1.54) is 19.1 Å². The van der Waals surface area contributed by atoms with Crippen LogP contribution in [0.4, 0.5) is 0 Å². The number of phenolic OH excluding ortho intramolecular Hbond substituents is 3. The molecule has 1 aromatic rings. The van der Waals surface area contributed by atoms with Crippen LogP contribution in [-0.4, -0.2) is 44.3 Å². The van der Waals surface area contributed by atoms with Gasteiger partial charge >= 0.3 is 0 Å². The molecule has 6 nitrogen and oxygen atoms in total. The van der Waals surface area contributed by atoms with Crippen molar-refractivity contribution in [2.75, 3.05) is 13.2 Å². The van der Waals surface area contributed by atoms with E-state index in [4.69, 9.17) is 10.2 Å². The Kier molecular flexibility index (Phi) is 4.17. The van der Waals surface area contributed by atoms with E-state index < -0.39 is 22.8 Å². The summed E-state index contributed by atoms with van der Waals surface area (Å²) in [6, 6.07) is 2.71. The third-order valence-corrected chi connectivity index (χ3v) is 2.38.